The van der Waals surface area contributed by atoms with Gasteiger partial charge in [-0.1, -0.05) is 43.7 Å². The molecule has 148 valence electrons. The first kappa shape index (κ1) is 12.2. The Hall–Kier alpha value is -3.53. The van der Waals surface area contributed by atoms with Crippen molar-refractivity contribution in [2.75, 3.05) is 0 Å². The van der Waals surface area contributed by atoms with Crippen molar-refractivity contribution in [3.8, 4) is 22.4 Å². The molecular formula is C26H23N3O. The third-order valence-electron chi connectivity index (χ3n) is 5.13. The molecule has 0 fully saturated rings. The number of aryl methyl sites for hydroxylation is 2. The molecule has 5 rings (SSSR count). The lowest BCUT2D eigenvalue weighted by molar-refractivity contribution is 0.648. The van der Waals surface area contributed by atoms with Crippen molar-refractivity contribution in [2.24, 2.45) is 0 Å². The number of nitrogens with zero attached hydrogens (tertiary/aromatic N) is 3. The highest BCUT2D eigenvalue weighted by molar-refractivity contribution is 6.07. The number of rotatable bonds is 3. The lowest BCUT2D eigenvalue weighted by atomic mass is 9.99. The van der Waals surface area contributed by atoms with E-state index in [1.54, 1.807) is 50.5 Å². The molecule has 1 aromatic carbocycles. The van der Waals surface area contributed by atoms with Gasteiger partial charge in [-0.05, 0) is 54.5 Å². The molecule has 4 heteroatoms. The van der Waals surface area contributed by atoms with Gasteiger partial charge in [0, 0.05) is 44.7 Å². The fourth-order valence-electron chi connectivity index (χ4n) is 3.52. The number of aromatic nitrogens is 3. The molecule has 4 aromatic heterocycles. The summed E-state index contributed by atoms with van der Waals surface area (Å²) in [6.07, 6.45) is 4.58. The smallest absolute Gasteiger partial charge is 0.227 e. The van der Waals surface area contributed by atoms with Gasteiger partial charge in [0.1, 0.15) is 5.58 Å². The maximum Gasteiger partial charge on any atom is 0.227 e. The van der Waals surface area contributed by atoms with Crippen LogP contribution in [0, 0.1) is 13.7 Å². The Morgan fingerprint density at radius 2 is 1.80 bits per heavy atom. The Labute approximate surface area is 185 Å². The fourth-order valence-corrected chi connectivity index (χ4v) is 3.52. The van der Waals surface area contributed by atoms with E-state index in [9.17, 15) is 0 Å². The predicted octanol–water partition coefficient (Wildman–Crippen LogP) is 6.85. The van der Waals surface area contributed by atoms with Crippen LogP contribution in [0.25, 0.3) is 44.5 Å². The van der Waals surface area contributed by atoms with E-state index >= 15 is 0 Å². The highest BCUT2D eigenvalue weighted by Crippen LogP contribution is 2.36. The molecule has 4 heterocycles. The second-order valence-electron chi connectivity index (χ2n) is 7.41. The van der Waals surface area contributed by atoms with Gasteiger partial charge in [0.2, 0.25) is 5.71 Å². The largest absolute Gasteiger partial charge is 0.437 e. The van der Waals surface area contributed by atoms with Crippen LogP contribution in [0.1, 0.15) is 46.2 Å². The number of hydrogen-bond acceptors (Lipinski definition) is 4. The zero-order chi connectivity index (χ0) is 26.8. The lowest BCUT2D eigenvalue weighted by Crippen LogP contribution is -1.91. The van der Waals surface area contributed by atoms with Crippen LogP contribution in [-0.2, 0) is 0 Å². The molecule has 0 unspecified atom stereocenters. The second-order valence-corrected chi connectivity index (χ2v) is 7.41. The van der Waals surface area contributed by atoms with Crippen molar-refractivity contribution in [2.45, 2.75) is 33.4 Å². The molecule has 0 radical (unpaired) electrons. The molecular weight excluding hydrogens is 370 g/mol. The average Bonchev–Trinajstić information content (AvgIpc) is 3.20. The number of benzene rings is 1. The summed E-state index contributed by atoms with van der Waals surface area (Å²) >= 11 is 0. The summed E-state index contributed by atoms with van der Waals surface area (Å²) in [5.41, 5.74) is 3.61. The number of hydrogen-bond donors (Lipinski definition) is 0. The van der Waals surface area contributed by atoms with E-state index in [0.29, 0.717) is 39.4 Å². The summed E-state index contributed by atoms with van der Waals surface area (Å²) in [6.45, 7) is -1.20. The van der Waals surface area contributed by atoms with Crippen molar-refractivity contribution >= 4 is 22.1 Å². The fraction of sp³-hybridized carbons (Fsp3) is 0.192. The third-order valence-corrected chi connectivity index (χ3v) is 5.13. The van der Waals surface area contributed by atoms with Gasteiger partial charge in [0.25, 0.3) is 0 Å². The number of pyridine rings is 3. The Balaban J connectivity index is 1.70. The topological polar surface area (TPSA) is 51.8 Å². The van der Waals surface area contributed by atoms with E-state index in [4.69, 9.17) is 14.0 Å². The van der Waals surface area contributed by atoms with Crippen molar-refractivity contribution in [1.82, 2.24) is 15.0 Å². The van der Waals surface area contributed by atoms with Crippen LogP contribution in [0.2, 0.25) is 0 Å². The predicted molar refractivity (Wildman–Crippen MR) is 122 cm³/mol. The molecule has 0 aliphatic carbocycles. The summed E-state index contributed by atoms with van der Waals surface area (Å²) < 4.78 is 61.2. The van der Waals surface area contributed by atoms with Gasteiger partial charge >= 0.3 is 0 Å². The Morgan fingerprint density at radius 1 is 0.933 bits per heavy atom. The normalized spacial score (nSPS) is 16.3. The lowest BCUT2D eigenvalue weighted by Gasteiger charge is -2.09. The summed E-state index contributed by atoms with van der Waals surface area (Å²) in [5.74, 6) is -0.898. The molecule has 30 heavy (non-hydrogen) atoms. The van der Waals surface area contributed by atoms with Crippen molar-refractivity contribution in [3.05, 3.63) is 77.9 Å². The van der Waals surface area contributed by atoms with E-state index < -0.39 is 19.6 Å². The van der Waals surface area contributed by atoms with E-state index in [2.05, 4.69) is 15.0 Å². The van der Waals surface area contributed by atoms with Gasteiger partial charge in [-0.25, -0.2) is 4.98 Å². The van der Waals surface area contributed by atoms with Gasteiger partial charge in [0.05, 0.1) is 11.3 Å². The molecule has 5 aromatic rings. The third kappa shape index (κ3) is 3.05. The van der Waals surface area contributed by atoms with Crippen LogP contribution >= 0.6 is 0 Å². The summed E-state index contributed by atoms with van der Waals surface area (Å²) in [5, 5.41) is 1.47. The Kier molecular flexibility index (Phi) is 2.88. The second kappa shape index (κ2) is 7.06. The molecule has 0 atom stereocenters. The molecule has 0 amide bonds. The van der Waals surface area contributed by atoms with Crippen LogP contribution in [0.5, 0.6) is 0 Å². The first-order chi connectivity index (χ1) is 17.2. The van der Waals surface area contributed by atoms with Crippen LogP contribution in [-0.4, -0.2) is 15.0 Å². The molecule has 0 bridgehead atoms. The van der Waals surface area contributed by atoms with Gasteiger partial charge < -0.3 is 4.42 Å². The molecule has 0 spiro atoms. The van der Waals surface area contributed by atoms with E-state index in [1.165, 1.54) is 18.3 Å². The van der Waals surface area contributed by atoms with Crippen molar-refractivity contribution < 1.29 is 14.0 Å². The zero-order valence-corrected chi connectivity index (χ0v) is 16.5. The number of fused-ring (bicyclic) bond motifs is 3. The molecule has 0 saturated carbocycles. The van der Waals surface area contributed by atoms with E-state index in [0.717, 1.165) is 10.8 Å². The van der Waals surface area contributed by atoms with Crippen molar-refractivity contribution in [3.63, 3.8) is 0 Å². The van der Waals surface area contributed by atoms with Gasteiger partial charge in [-0.3, -0.25) is 9.97 Å². The highest BCUT2D eigenvalue weighted by Gasteiger charge is 2.16. The summed E-state index contributed by atoms with van der Waals surface area (Å²) in [7, 11) is 0. The first-order valence-electron chi connectivity index (χ1n) is 13.0. The molecule has 0 aliphatic rings. The quantitative estimate of drug-likeness (QED) is 0.332. The van der Waals surface area contributed by atoms with Gasteiger partial charge in [-0.15, -0.1) is 0 Å². The highest BCUT2D eigenvalue weighted by atomic mass is 16.3. The first-order valence-corrected chi connectivity index (χ1v) is 9.53. The maximum absolute atomic E-state index is 8.28. The van der Waals surface area contributed by atoms with Gasteiger partial charge in [0.15, 0.2) is 0 Å². The Bertz CT molecular complexity index is 1630. The maximum atomic E-state index is 8.28. The van der Waals surface area contributed by atoms with Crippen LogP contribution in [0.15, 0.2) is 65.5 Å². The minimum absolute atomic E-state index is 0.0478. The standard InChI is InChI=1S/C26H23N3O/c1-15(2)23-10-9-19-21-13-27-14-22(25(21)30-26(19)29-23)24-11-20(17(4)12-28-24)18-7-5-16(3)6-8-18/h5-15H,1-4H3/i3D3,4D3,15D. The Morgan fingerprint density at radius 3 is 2.57 bits per heavy atom. The van der Waals surface area contributed by atoms with E-state index in [-0.39, 0.29) is 11.1 Å². The van der Waals surface area contributed by atoms with Gasteiger partial charge in [-0.2, -0.15) is 0 Å². The zero-order valence-electron chi connectivity index (χ0n) is 23.5. The molecule has 0 saturated heterocycles. The van der Waals surface area contributed by atoms with E-state index in [1.807, 2.05) is 6.07 Å². The summed E-state index contributed by atoms with van der Waals surface area (Å²) in [6, 6.07) is 11.5. The van der Waals surface area contributed by atoms with Crippen LogP contribution in [0.3, 0.4) is 0 Å². The molecule has 4 nitrogen and oxygen atoms in total. The number of furan rings is 1. The van der Waals surface area contributed by atoms with Crippen molar-refractivity contribution in [1.29, 1.82) is 0 Å². The minimum Gasteiger partial charge on any atom is -0.437 e. The molecule has 0 aliphatic heterocycles. The average molecular weight is 401 g/mol. The minimum atomic E-state index is -2.43. The van der Waals surface area contributed by atoms with Crippen LogP contribution < -0.4 is 0 Å². The van der Waals surface area contributed by atoms with Crippen LogP contribution in [0.4, 0.5) is 0 Å². The monoisotopic (exact) mass is 400 g/mol. The SMILES string of the molecule is [2H]C([2H])([2H])c1ccc(-c2cc(-c3cncc4c3oc3nc(C([2H])(C)C)ccc34)ncc2C([2H])([2H])[2H])cc1. The summed E-state index contributed by atoms with van der Waals surface area (Å²) in [4.78, 5) is 13.3. The molecule has 0 N–H and O–H groups in total.